The van der Waals surface area contributed by atoms with Gasteiger partial charge in [-0.05, 0) is 19.4 Å². The number of hydrogen-bond acceptors (Lipinski definition) is 2. The van der Waals surface area contributed by atoms with Crippen molar-refractivity contribution in [3.63, 3.8) is 0 Å². The van der Waals surface area contributed by atoms with Gasteiger partial charge in [-0.2, -0.15) is 0 Å². The lowest BCUT2D eigenvalue weighted by Gasteiger charge is -2.15. The van der Waals surface area contributed by atoms with Gasteiger partial charge in [-0.3, -0.25) is 0 Å². The first kappa shape index (κ1) is 12.8. The van der Waals surface area contributed by atoms with E-state index >= 15 is 0 Å². The lowest BCUT2D eigenvalue weighted by atomic mass is 10.0. The van der Waals surface area contributed by atoms with Crippen LogP contribution in [0.4, 0.5) is 0 Å². The van der Waals surface area contributed by atoms with Crippen molar-refractivity contribution < 1.29 is 4.74 Å². The van der Waals surface area contributed by atoms with Gasteiger partial charge in [0.1, 0.15) is 5.75 Å². The minimum Gasteiger partial charge on any atom is -0.493 e. The molecule has 0 aliphatic carbocycles. The first-order valence-corrected chi connectivity index (χ1v) is 5.76. The van der Waals surface area contributed by atoms with Gasteiger partial charge in [0.05, 0.1) is 6.61 Å². The molecular formula is C14H21NO. The Morgan fingerprint density at radius 2 is 2.12 bits per heavy atom. The minimum atomic E-state index is 0.0565. The van der Waals surface area contributed by atoms with Crippen LogP contribution in [0.25, 0.3) is 0 Å². The van der Waals surface area contributed by atoms with Crippen LogP contribution in [0.1, 0.15) is 38.3 Å². The molecule has 2 N–H and O–H groups in total. The normalized spacial score (nSPS) is 12.2. The average molecular weight is 219 g/mol. The molecule has 88 valence electrons. The van der Waals surface area contributed by atoms with Crippen LogP contribution in [0.5, 0.6) is 5.75 Å². The van der Waals surface area contributed by atoms with Gasteiger partial charge >= 0.3 is 0 Å². The monoisotopic (exact) mass is 219 g/mol. The van der Waals surface area contributed by atoms with E-state index in [0.717, 1.165) is 29.7 Å². The van der Waals surface area contributed by atoms with Crippen molar-refractivity contribution in [1.82, 2.24) is 0 Å². The second kappa shape index (κ2) is 6.33. The molecular weight excluding hydrogens is 198 g/mol. The molecule has 0 unspecified atom stereocenters. The van der Waals surface area contributed by atoms with Crippen molar-refractivity contribution in [2.75, 3.05) is 6.61 Å². The zero-order chi connectivity index (χ0) is 12.0. The fraction of sp³-hybridized carbons (Fsp3) is 0.429. The van der Waals surface area contributed by atoms with E-state index < -0.39 is 0 Å². The van der Waals surface area contributed by atoms with Crippen molar-refractivity contribution in [2.24, 2.45) is 5.73 Å². The average Bonchev–Trinajstić information content (AvgIpc) is 2.28. The van der Waals surface area contributed by atoms with Crippen LogP contribution in [0.3, 0.4) is 0 Å². The Bertz CT molecular complexity index is 346. The molecule has 2 heteroatoms. The summed E-state index contributed by atoms with van der Waals surface area (Å²) >= 11 is 0. The number of nitrogens with two attached hydrogens (primary N) is 1. The van der Waals surface area contributed by atoms with Gasteiger partial charge in [0.25, 0.3) is 0 Å². The van der Waals surface area contributed by atoms with E-state index in [0.29, 0.717) is 6.61 Å². The summed E-state index contributed by atoms with van der Waals surface area (Å²) < 4.78 is 5.73. The highest BCUT2D eigenvalue weighted by Gasteiger charge is 2.09. The predicted octanol–water partition coefficient (Wildman–Crippen LogP) is 3.44. The van der Waals surface area contributed by atoms with Crippen molar-refractivity contribution in [3.8, 4) is 5.75 Å². The van der Waals surface area contributed by atoms with E-state index in [1.807, 2.05) is 31.2 Å². The molecule has 16 heavy (non-hydrogen) atoms. The highest BCUT2D eigenvalue weighted by molar-refractivity contribution is 5.35. The molecule has 0 aliphatic heterocycles. The predicted molar refractivity (Wildman–Crippen MR) is 68.6 cm³/mol. The van der Waals surface area contributed by atoms with Crippen molar-refractivity contribution in [2.45, 2.75) is 32.7 Å². The second-order valence-electron chi connectivity index (χ2n) is 4.11. The molecule has 0 saturated heterocycles. The van der Waals surface area contributed by atoms with Gasteiger partial charge < -0.3 is 10.5 Å². The third kappa shape index (κ3) is 3.70. The summed E-state index contributed by atoms with van der Waals surface area (Å²) in [4.78, 5) is 0. The molecule has 0 spiro atoms. The molecule has 0 aliphatic rings. The van der Waals surface area contributed by atoms with Crippen LogP contribution in [0, 0.1) is 0 Å². The molecule has 1 atom stereocenters. The van der Waals surface area contributed by atoms with Crippen molar-refractivity contribution in [1.29, 1.82) is 0 Å². The summed E-state index contributed by atoms with van der Waals surface area (Å²) in [7, 11) is 0. The van der Waals surface area contributed by atoms with E-state index in [-0.39, 0.29) is 6.04 Å². The summed E-state index contributed by atoms with van der Waals surface area (Å²) in [5.74, 6) is 0.901. The van der Waals surface area contributed by atoms with E-state index in [1.165, 1.54) is 0 Å². The lowest BCUT2D eigenvalue weighted by molar-refractivity contribution is 0.316. The van der Waals surface area contributed by atoms with Gasteiger partial charge in [0.2, 0.25) is 0 Å². The molecule has 0 bridgehead atoms. The van der Waals surface area contributed by atoms with Crippen LogP contribution in [-0.4, -0.2) is 6.61 Å². The van der Waals surface area contributed by atoms with E-state index in [9.17, 15) is 0 Å². The maximum Gasteiger partial charge on any atom is 0.124 e. The number of hydrogen-bond donors (Lipinski definition) is 1. The number of benzene rings is 1. The van der Waals surface area contributed by atoms with Crippen LogP contribution in [0.2, 0.25) is 0 Å². The van der Waals surface area contributed by atoms with Crippen molar-refractivity contribution >= 4 is 0 Å². The lowest BCUT2D eigenvalue weighted by Crippen LogP contribution is -2.11. The maximum atomic E-state index is 6.03. The highest BCUT2D eigenvalue weighted by Crippen LogP contribution is 2.25. The van der Waals surface area contributed by atoms with Crippen LogP contribution >= 0.6 is 0 Å². The Labute approximate surface area is 98.1 Å². The molecule has 0 fully saturated rings. The third-order valence-corrected chi connectivity index (χ3v) is 2.54. The summed E-state index contributed by atoms with van der Waals surface area (Å²) in [6.45, 7) is 8.61. The minimum absolute atomic E-state index is 0.0565. The Balaban J connectivity index is 2.67. The zero-order valence-electron chi connectivity index (χ0n) is 10.2. The smallest absolute Gasteiger partial charge is 0.124 e. The van der Waals surface area contributed by atoms with Crippen LogP contribution in [0.15, 0.2) is 36.4 Å². The zero-order valence-corrected chi connectivity index (χ0v) is 10.2. The van der Waals surface area contributed by atoms with Crippen molar-refractivity contribution in [3.05, 3.63) is 42.0 Å². The Morgan fingerprint density at radius 1 is 1.44 bits per heavy atom. The van der Waals surface area contributed by atoms with E-state index in [1.54, 1.807) is 0 Å². The molecule has 0 radical (unpaired) electrons. The summed E-state index contributed by atoms with van der Waals surface area (Å²) in [5, 5.41) is 0. The highest BCUT2D eigenvalue weighted by atomic mass is 16.5. The Morgan fingerprint density at radius 3 is 2.75 bits per heavy atom. The van der Waals surface area contributed by atoms with E-state index in [4.69, 9.17) is 10.5 Å². The Hall–Kier alpha value is -1.28. The van der Waals surface area contributed by atoms with Gasteiger partial charge in [-0.15, -0.1) is 6.58 Å². The number of rotatable bonds is 6. The standard InChI is InChI=1S/C14H21NO/c1-4-13(15)12-7-5-6-8-14(12)16-10-9-11(2)3/h5-8,13H,2,4,9-10,15H2,1,3H3/t13-/m1/s1. The Kier molecular flexibility index (Phi) is 5.06. The fourth-order valence-electron chi connectivity index (χ4n) is 1.47. The fourth-order valence-corrected chi connectivity index (χ4v) is 1.47. The topological polar surface area (TPSA) is 35.2 Å². The number of ether oxygens (including phenoxy) is 1. The maximum absolute atomic E-state index is 6.03. The molecule has 1 aromatic carbocycles. The quantitative estimate of drug-likeness (QED) is 0.744. The van der Waals surface area contributed by atoms with Gasteiger partial charge in [-0.1, -0.05) is 30.7 Å². The molecule has 0 amide bonds. The molecule has 0 heterocycles. The first-order valence-electron chi connectivity index (χ1n) is 5.76. The SMILES string of the molecule is C=C(C)CCOc1ccccc1[C@H](N)CC. The molecule has 0 saturated carbocycles. The third-order valence-electron chi connectivity index (χ3n) is 2.54. The molecule has 1 rings (SSSR count). The first-order chi connectivity index (χ1) is 7.65. The largest absolute Gasteiger partial charge is 0.493 e. The summed E-state index contributed by atoms with van der Waals surface area (Å²) in [6.07, 6.45) is 1.80. The summed E-state index contributed by atoms with van der Waals surface area (Å²) in [5.41, 5.74) is 8.25. The molecule has 2 nitrogen and oxygen atoms in total. The molecule has 1 aromatic rings. The van der Waals surface area contributed by atoms with Gasteiger partial charge in [0.15, 0.2) is 0 Å². The second-order valence-corrected chi connectivity index (χ2v) is 4.11. The van der Waals surface area contributed by atoms with Gasteiger partial charge in [0, 0.05) is 18.0 Å². The van der Waals surface area contributed by atoms with Crippen LogP contribution in [-0.2, 0) is 0 Å². The van der Waals surface area contributed by atoms with Crippen LogP contribution < -0.4 is 10.5 Å². The molecule has 0 aromatic heterocycles. The van der Waals surface area contributed by atoms with E-state index in [2.05, 4.69) is 13.5 Å². The number of para-hydroxylation sites is 1. The van der Waals surface area contributed by atoms with Gasteiger partial charge in [-0.25, -0.2) is 0 Å². The summed E-state index contributed by atoms with van der Waals surface area (Å²) in [6, 6.07) is 8.03.